The number of hydrogen-bond donors (Lipinski definition) is 2. The summed E-state index contributed by atoms with van der Waals surface area (Å²) in [6.07, 6.45) is 0. The van der Waals surface area contributed by atoms with Gasteiger partial charge in [0, 0.05) is 39.9 Å². The summed E-state index contributed by atoms with van der Waals surface area (Å²) in [4.78, 5) is 6.38. The largest absolute Gasteiger partial charge is 0.378 e. The van der Waals surface area contributed by atoms with Crippen LogP contribution in [0.2, 0.25) is 0 Å². The first-order valence-electron chi connectivity index (χ1n) is 8.93. The number of benzene rings is 2. The van der Waals surface area contributed by atoms with Crippen LogP contribution in [0.1, 0.15) is 16.7 Å². The van der Waals surface area contributed by atoms with Gasteiger partial charge >= 0.3 is 0 Å². The standard InChI is InChI=1S/C21H30N4O/c1-17-14-20(25(3)4)11-10-19(17)15-24-21(22-2)23-12-13-26-16-18-8-6-5-7-9-18/h5-11,14H,12-13,15-16H2,1-4H3,(H2,22,23,24). The normalized spacial score (nSPS) is 11.3. The van der Waals surface area contributed by atoms with Crippen LogP contribution in [-0.2, 0) is 17.9 Å². The number of nitrogens with zero attached hydrogens (tertiary/aromatic N) is 2. The molecule has 140 valence electrons. The van der Waals surface area contributed by atoms with Gasteiger partial charge in [-0.3, -0.25) is 4.99 Å². The molecule has 0 aliphatic carbocycles. The van der Waals surface area contributed by atoms with Crippen LogP contribution in [-0.4, -0.2) is 40.3 Å². The van der Waals surface area contributed by atoms with E-state index in [0.29, 0.717) is 19.8 Å². The lowest BCUT2D eigenvalue weighted by atomic mass is 10.1. The predicted molar refractivity (Wildman–Crippen MR) is 110 cm³/mol. The van der Waals surface area contributed by atoms with Crippen LogP contribution >= 0.6 is 0 Å². The Kier molecular flexibility index (Phi) is 7.96. The number of aryl methyl sites for hydroxylation is 1. The molecule has 0 amide bonds. The maximum Gasteiger partial charge on any atom is 0.191 e. The summed E-state index contributed by atoms with van der Waals surface area (Å²) in [7, 11) is 5.89. The number of nitrogens with one attached hydrogen (secondary N) is 2. The van der Waals surface area contributed by atoms with Gasteiger partial charge in [0.2, 0.25) is 0 Å². The van der Waals surface area contributed by atoms with Crippen molar-refractivity contribution >= 4 is 11.6 Å². The third-order valence-corrected chi connectivity index (χ3v) is 4.16. The minimum Gasteiger partial charge on any atom is -0.378 e. The minimum atomic E-state index is 0.631. The lowest BCUT2D eigenvalue weighted by Gasteiger charge is -2.16. The fourth-order valence-electron chi connectivity index (χ4n) is 2.56. The van der Waals surface area contributed by atoms with E-state index in [0.717, 1.165) is 12.5 Å². The van der Waals surface area contributed by atoms with E-state index in [4.69, 9.17) is 4.74 Å². The zero-order chi connectivity index (χ0) is 18.8. The van der Waals surface area contributed by atoms with Crippen LogP contribution in [0.5, 0.6) is 0 Å². The Morgan fingerprint density at radius 2 is 1.85 bits per heavy atom. The number of aliphatic imine (C=N–C) groups is 1. The van der Waals surface area contributed by atoms with Crippen LogP contribution < -0.4 is 15.5 Å². The fourth-order valence-corrected chi connectivity index (χ4v) is 2.56. The van der Waals surface area contributed by atoms with Crippen molar-refractivity contribution in [2.24, 2.45) is 4.99 Å². The highest BCUT2D eigenvalue weighted by atomic mass is 16.5. The van der Waals surface area contributed by atoms with Crippen molar-refractivity contribution in [3.63, 3.8) is 0 Å². The van der Waals surface area contributed by atoms with Gasteiger partial charge in [-0.15, -0.1) is 0 Å². The Morgan fingerprint density at radius 1 is 1.08 bits per heavy atom. The van der Waals surface area contributed by atoms with Crippen molar-refractivity contribution in [2.45, 2.75) is 20.1 Å². The molecule has 2 aromatic carbocycles. The molecule has 0 fully saturated rings. The van der Waals surface area contributed by atoms with Gasteiger partial charge in [-0.2, -0.15) is 0 Å². The SMILES string of the molecule is CN=C(NCCOCc1ccccc1)NCc1ccc(N(C)C)cc1C. The van der Waals surface area contributed by atoms with Crippen LogP contribution in [0.4, 0.5) is 5.69 Å². The second kappa shape index (κ2) is 10.5. The van der Waals surface area contributed by atoms with Gasteiger partial charge in [-0.25, -0.2) is 0 Å². The molecule has 0 radical (unpaired) electrons. The Labute approximate surface area is 157 Å². The molecule has 0 aliphatic rings. The van der Waals surface area contributed by atoms with Crippen LogP contribution in [0.15, 0.2) is 53.5 Å². The van der Waals surface area contributed by atoms with Gasteiger partial charge in [-0.1, -0.05) is 36.4 Å². The van der Waals surface area contributed by atoms with Crippen molar-refractivity contribution in [3.8, 4) is 0 Å². The third kappa shape index (κ3) is 6.41. The second-order valence-electron chi connectivity index (χ2n) is 6.40. The number of ether oxygens (including phenoxy) is 1. The molecule has 0 heterocycles. The second-order valence-corrected chi connectivity index (χ2v) is 6.40. The molecule has 0 bridgehead atoms. The zero-order valence-electron chi connectivity index (χ0n) is 16.2. The molecule has 0 aromatic heterocycles. The smallest absolute Gasteiger partial charge is 0.191 e. The highest BCUT2D eigenvalue weighted by molar-refractivity contribution is 5.79. The molecule has 2 N–H and O–H groups in total. The van der Waals surface area contributed by atoms with Crippen molar-refractivity contribution in [1.29, 1.82) is 0 Å². The Hall–Kier alpha value is -2.53. The minimum absolute atomic E-state index is 0.631. The van der Waals surface area contributed by atoms with Crippen LogP contribution in [0.25, 0.3) is 0 Å². The summed E-state index contributed by atoms with van der Waals surface area (Å²) in [5.74, 6) is 0.782. The molecule has 26 heavy (non-hydrogen) atoms. The van der Waals surface area contributed by atoms with E-state index in [1.54, 1.807) is 7.05 Å². The maximum atomic E-state index is 5.68. The van der Waals surface area contributed by atoms with E-state index < -0.39 is 0 Å². The van der Waals surface area contributed by atoms with Crippen LogP contribution in [0.3, 0.4) is 0 Å². The average Bonchev–Trinajstić information content (AvgIpc) is 2.65. The Morgan fingerprint density at radius 3 is 2.50 bits per heavy atom. The Bertz CT molecular complexity index is 698. The number of guanidine groups is 1. The first kappa shape index (κ1) is 19.8. The predicted octanol–water partition coefficient (Wildman–Crippen LogP) is 2.94. The van der Waals surface area contributed by atoms with E-state index in [2.05, 4.69) is 71.9 Å². The summed E-state index contributed by atoms with van der Waals surface area (Å²) in [5, 5.41) is 6.63. The summed E-state index contributed by atoms with van der Waals surface area (Å²) >= 11 is 0. The van der Waals surface area contributed by atoms with E-state index in [-0.39, 0.29) is 0 Å². The number of rotatable bonds is 8. The fraction of sp³-hybridized carbons (Fsp3) is 0.381. The lowest BCUT2D eigenvalue weighted by Crippen LogP contribution is -2.38. The van der Waals surface area contributed by atoms with Crippen molar-refractivity contribution in [1.82, 2.24) is 10.6 Å². The topological polar surface area (TPSA) is 48.9 Å². The van der Waals surface area contributed by atoms with Gasteiger partial charge in [0.15, 0.2) is 5.96 Å². The van der Waals surface area contributed by atoms with Crippen molar-refractivity contribution in [3.05, 3.63) is 65.2 Å². The van der Waals surface area contributed by atoms with Crippen molar-refractivity contribution in [2.75, 3.05) is 39.2 Å². The molecule has 0 saturated carbocycles. The van der Waals surface area contributed by atoms with E-state index in [9.17, 15) is 0 Å². The summed E-state index contributed by atoms with van der Waals surface area (Å²) in [6.45, 7) is 4.85. The molecule has 0 atom stereocenters. The van der Waals surface area contributed by atoms with E-state index in [1.807, 2.05) is 18.2 Å². The van der Waals surface area contributed by atoms with E-state index >= 15 is 0 Å². The van der Waals surface area contributed by atoms with Gasteiger partial charge < -0.3 is 20.3 Å². The molecule has 5 heteroatoms. The molecule has 2 rings (SSSR count). The first-order chi connectivity index (χ1) is 12.6. The first-order valence-corrected chi connectivity index (χ1v) is 8.93. The van der Waals surface area contributed by atoms with Gasteiger partial charge in [0.25, 0.3) is 0 Å². The molecule has 0 aliphatic heterocycles. The highest BCUT2D eigenvalue weighted by Crippen LogP contribution is 2.17. The molecular weight excluding hydrogens is 324 g/mol. The molecule has 0 saturated heterocycles. The lowest BCUT2D eigenvalue weighted by molar-refractivity contribution is 0.125. The highest BCUT2D eigenvalue weighted by Gasteiger charge is 2.03. The molecular formula is C21H30N4O. The van der Waals surface area contributed by atoms with Crippen LogP contribution in [0, 0.1) is 6.92 Å². The maximum absolute atomic E-state index is 5.68. The van der Waals surface area contributed by atoms with Gasteiger partial charge in [0.1, 0.15) is 0 Å². The molecule has 0 unspecified atom stereocenters. The zero-order valence-corrected chi connectivity index (χ0v) is 16.2. The van der Waals surface area contributed by atoms with E-state index in [1.165, 1.54) is 22.4 Å². The monoisotopic (exact) mass is 354 g/mol. The summed E-state index contributed by atoms with van der Waals surface area (Å²) in [6, 6.07) is 16.7. The quantitative estimate of drug-likeness (QED) is 0.435. The average molecular weight is 354 g/mol. The number of anilines is 1. The molecule has 2 aromatic rings. The van der Waals surface area contributed by atoms with Crippen molar-refractivity contribution < 1.29 is 4.74 Å². The summed E-state index contributed by atoms with van der Waals surface area (Å²) < 4.78 is 5.68. The number of hydrogen-bond acceptors (Lipinski definition) is 3. The molecule has 5 nitrogen and oxygen atoms in total. The van der Waals surface area contributed by atoms with Gasteiger partial charge in [0.05, 0.1) is 13.2 Å². The molecule has 0 spiro atoms. The third-order valence-electron chi connectivity index (χ3n) is 4.16. The Balaban J connectivity index is 1.71. The van der Waals surface area contributed by atoms with Gasteiger partial charge in [-0.05, 0) is 35.7 Å². The summed E-state index contributed by atoms with van der Waals surface area (Å²) in [5.41, 5.74) is 4.93.